The summed E-state index contributed by atoms with van der Waals surface area (Å²) in [5.41, 5.74) is -1.34. The standard InChI is InChI=1S/C24H34N2O8/c1-17(26(30)31)12-11-15-19(20(27)32-16-18-13-9-8-10-14-18)25(21(28)33-23(2,3)4)22(29)34-24(5,6)7/h8-10,12-14,19H,11,15-16H2,1-7H3/t19-/m0/s1. The summed E-state index contributed by atoms with van der Waals surface area (Å²) in [5, 5.41) is 10.9. The number of amides is 2. The van der Waals surface area contributed by atoms with Gasteiger partial charge in [-0.2, -0.15) is 4.90 Å². The van der Waals surface area contributed by atoms with Gasteiger partial charge >= 0.3 is 18.2 Å². The van der Waals surface area contributed by atoms with Crippen LogP contribution in [-0.4, -0.2) is 45.2 Å². The number of hydrogen-bond donors (Lipinski definition) is 0. The minimum Gasteiger partial charge on any atom is -0.459 e. The Hall–Kier alpha value is -3.43. The van der Waals surface area contributed by atoms with Crippen LogP contribution in [0.4, 0.5) is 9.59 Å². The third kappa shape index (κ3) is 10.5. The van der Waals surface area contributed by atoms with E-state index in [1.807, 2.05) is 6.07 Å². The number of imide groups is 1. The Labute approximate surface area is 200 Å². The first-order valence-electron chi connectivity index (χ1n) is 10.9. The van der Waals surface area contributed by atoms with Crippen LogP contribution in [0.3, 0.4) is 0 Å². The van der Waals surface area contributed by atoms with Crippen LogP contribution >= 0.6 is 0 Å². The molecule has 0 N–H and O–H groups in total. The van der Waals surface area contributed by atoms with Crippen LogP contribution in [0.1, 0.15) is 66.9 Å². The molecule has 1 aromatic rings. The molecule has 10 nitrogen and oxygen atoms in total. The van der Waals surface area contributed by atoms with Gasteiger partial charge < -0.3 is 14.2 Å². The summed E-state index contributed by atoms with van der Waals surface area (Å²) in [5.74, 6) is -0.868. The Morgan fingerprint density at radius 3 is 1.94 bits per heavy atom. The van der Waals surface area contributed by atoms with E-state index in [0.717, 1.165) is 0 Å². The maximum absolute atomic E-state index is 13.1. The summed E-state index contributed by atoms with van der Waals surface area (Å²) in [6, 6.07) is 7.45. The zero-order chi connectivity index (χ0) is 26.1. The molecule has 0 aliphatic heterocycles. The quantitative estimate of drug-likeness (QED) is 0.215. The lowest BCUT2D eigenvalue weighted by atomic mass is 10.1. The molecular formula is C24H34N2O8. The van der Waals surface area contributed by atoms with E-state index >= 15 is 0 Å². The number of allylic oxidation sites excluding steroid dienone is 2. The molecule has 0 aliphatic carbocycles. The van der Waals surface area contributed by atoms with Crippen molar-refractivity contribution in [3.05, 3.63) is 57.8 Å². The van der Waals surface area contributed by atoms with Crippen LogP contribution in [0, 0.1) is 10.1 Å². The van der Waals surface area contributed by atoms with Crippen molar-refractivity contribution in [1.82, 2.24) is 4.90 Å². The van der Waals surface area contributed by atoms with Crippen molar-refractivity contribution in [3.8, 4) is 0 Å². The molecule has 1 rings (SSSR count). The van der Waals surface area contributed by atoms with Gasteiger partial charge in [0.2, 0.25) is 5.70 Å². The van der Waals surface area contributed by atoms with E-state index in [2.05, 4.69) is 0 Å². The third-order valence-electron chi connectivity index (χ3n) is 4.16. The molecule has 0 aromatic heterocycles. The average molecular weight is 479 g/mol. The van der Waals surface area contributed by atoms with Crippen LogP contribution in [0.25, 0.3) is 0 Å². The van der Waals surface area contributed by atoms with Gasteiger partial charge in [0.25, 0.3) is 0 Å². The molecule has 1 aromatic carbocycles. The van der Waals surface area contributed by atoms with Gasteiger partial charge in [0.05, 0.1) is 4.92 Å². The molecule has 0 saturated heterocycles. The molecule has 0 fully saturated rings. The van der Waals surface area contributed by atoms with E-state index < -0.39 is 40.3 Å². The molecule has 34 heavy (non-hydrogen) atoms. The van der Waals surface area contributed by atoms with Gasteiger partial charge in [0.1, 0.15) is 23.9 Å². The fraction of sp³-hybridized carbons (Fsp3) is 0.542. The van der Waals surface area contributed by atoms with Gasteiger partial charge in [0.15, 0.2) is 0 Å². The number of esters is 1. The molecule has 0 saturated carbocycles. The second-order valence-electron chi connectivity index (χ2n) is 9.62. The van der Waals surface area contributed by atoms with Crippen molar-refractivity contribution in [2.24, 2.45) is 0 Å². The first-order chi connectivity index (χ1) is 15.6. The molecule has 0 aliphatic rings. The van der Waals surface area contributed by atoms with E-state index in [-0.39, 0.29) is 25.1 Å². The van der Waals surface area contributed by atoms with Crippen LogP contribution in [0.2, 0.25) is 0 Å². The van der Waals surface area contributed by atoms with E-state index in [9.17, 15) is 24.5 Å². The van der Waals surface area contributed by atoms with Crippen LogP contribution in [0.15, 0.2) is 42.1 Å². The normalized spacial score (nSPS) is 13.0. The van der Waals surface area contributed by atoms with Gasteiger partial charge in [-0.15, -0.1) is 0 Å². The first kappa shape index (κ1) is 28.6. The molecule has 0 spiro atoms. The van der Waals surface area contributed by atoms with Crippen molar-refractivity contribution in [2.45, 2.75) is 85.2 Å². The molecule has 10 heteroatoms. The first-order valence-corrected chi connectivity index (χ1v) is 10.9. The number of hydrogen-bond acceptors (Lipinski definition) is 8. The molecule has 188 valence electrons. The summed E-state index contributed by atoms with van der Waals surface area (Å²) in [6.07, 6.45) is -0.964. The molecular weight excluding hydrogens is 444 g/mol. The SMILES string of the molecule is CC(=CCC[C@@H](C(=O)OCc1ccccc1)N(C(=O)OC(C)(C)C)C(=O)OC(C)(C)C)[N+](=O)[O-]. The molecule has 0 radical (unpaired) electrons. The Morgan fingerprint density at radius 1 is 1.00 bits per heavy atom. The highest BCUT2D eigenvalue weighted by Crippen LogP contribution is 2.21. The van der Waals surface area contributed by atoms with E-state index in [1.165, 1.54) is 13.0 Å². The summed E-state index contributed by atoms with van der Waals surface area (Å²) >= 11 is 0. The number of nitro groups is 1. The summed E-state index contributed by atoms with van der Waals surface area (Å²) in [4.78, 5) is 50.0. The Morgan fingerprint density at radius 2 is 1.50 bits per heavy atom. The second-order valence-corrected chi connectivity index (χ2v) is 9.62. The third-order valence-corrected chi connectivity index (χ3v) is 4.16. The summed E-state index contributed by atoms with van der Waals surface area (Å²) in [6.45, 7) is 10.9. The average Bonchev–Trinajstić information content (AvgIpc) is 2.69. The van der Waals surface area contributed by atoms with Gasteiger partial charge in [-0.1, -0.05) is 30.3 Å². The lowest BCUT2D eigenvalue weighted by Gasteiger charge is -2.32. The van der Waals surface area contributed by atoms with Crippen molar-refractivity contribution < 1.29 is 33.5 Å². The Balaban J connectivity index is 3.29. The van der Waals surface area contributed by atoms with Gasteiger partial charge in [0, 0.05) is 6.92 Å². The zero-order valence-corrected chi connectivity index (χ0v) is 20.8. The smallest absolute Gasteiger partial charge is 0.420 e. The van der Waals surface area contributed by atoms with Crippen LogP contribution in [0.5, 0.6) is 0 Å². The van der Waals surface area contributed by atoms with Crippen molar-refractivity contribution in [2.75, 3.05) is 0 Å². The van der Waals surface area contributed by atoms with Crippen LogP contribution < -0.4 is 0 Å². The highest BCUT2D eigenvalue weighted by molar-refractivity contribution is 5.94. The predicted octanol–water partition coefficient (Wildman–Crippen LogP) is 5.23. The second kappa shape index (κ2) is 12.2. The van der Waals surface area contributed by atoms with E-state index in [0.29, 0.717) is 10.5 Å². The highest BCUT2D eigenvalue weighted by atomic mass is 16.6. The fourth-order valence-corrected chi connectivity index (χ4v) is 2.65. The maximum Gasteiger partial charge on any atom is 0.420 e. The Kier molecular flexibility index (Phi) is 10.2. The monoisotopic (exact) mass is 478 g/mol. The molecule has 0 unspecified atom stereocenters. The predicted molar refractivity (Wildman–Crippen MR) is 124 cm³/mol. The van der Waals surface area contributed by atoms with Gasteiger partial charge in [-0.3, -0.25) is 10.1 Å². The largest absolute Gasteiger partial charge is 0.459 e. The van der Waals surface area contributed by atoms with Crippen molar-refractivity contribution in [3.63, 3.8) is 0 Å². The molecule has 1 atom stereocenters. The molecule has 0 bridgehead atoms. The van der Waals surface area contributed by atoms with Gasteiger partial charge in [-0.05, 0) is 66.0 Å². The Bertz CT molecular complexity index is 870. The number of carbonyl (C=O) groups is 3. The number of ether oxygens (including phenoxy) is 3. The molecule has 0 heterocycles. The van der Waals surface area contributed by atoms with E-state index in [1.54, 1.807) is 65.8 Å². The summed E-state index contributed by atoms with van der Waals surface area (Å²) in [7, 11) is 0. The summed E-state index contributed by atoms with van der Waals surface area (Å²) < 4.78 is 16.1. The lowest BCUT2D eigenvalue weighted by Crippen LogP contribution is -2.52. The molecule has 2 amide bonds. The zero-order valence-electron chi connectivity index (χ0n) is 20.8. The number of nitrogens with zero attached hydrogens (tertiary/aromatic N) is 2. The maximum atomic E-state index is 13.1. The highest BCUT2D eigenvalue weighted by Gasteiger charge is 2.40. The number of benzene rings is 1. The minimum atomic E-state index is -1.43. The lowest BCUT2D eigenvalue weighted by molar-refractivity contribution is -0.424. The minimum absolute atomic E-state index is 0.0278. The van der Waals surface area contributed by atoms with Crippen molar-refractivity contribution in [1.29, 1.82) is 0 Å². The topological polar surface area (TPSA) is 125 Å². The fourth-order valence-electron chi connectivity index (χ4n) is 2.65. The van der Waals surface area contributed by atoms with Gasteiger partial charge in [-0.25, -0.2) is 14.4 Å². The number of rotatable bonds is 8. The van der Waals surface area contributed by atoms with Crippen molar-refractivity contribution >= 4 is 18.2 Å². The van der Waals surface area contributed by atoms with Crippen LogP contribution in [-0.2, 0) is 25.6 Å². The number of carbonyl (C=O) groups excluding carboxylic acids is 3. The van der Waals surface area contributed by atoms with E-state index in [4.69, 9.17) is 14.2 Å².